The number of fused-ring (bicyclic) bond motifs is 2. The Labute approximate surface area is 187 Å². The normalized spacial score (nSPS) is 17.5. The van der Waals surface area contributed by atoms with E-state index in [0.717, 1.165) is 23.1 Å². The fourth-order valence-electron chi connectivity index (χ4n) is 4.24. The van der Waals surface area contributed by atoms with E-state index in [1.165, 1.54) is 4.90 Å². The third kappa shape index (κ3) is 4.74. The van der Waals surface area contributed by atoms with Crippen LogP contribution in [0.15, 0.2) is 48.5 Å². The van der Waals surface area contributed by atoms with Crippen molar-refractivity contribution in [2.24, 2.45) is 0 Å². The molecule has 2 aromatic rings. The first-order valence-electron chi connectivity index (χ1n) is 10.7. The van der Waals surface area contributed by atoms with E-state index in [1.807, 2.05) is 42.5 Å². The number of urea groups is 1. The lowest BCUT2D eigenvalue weighted by molar-refractivity contribution is -0.128. The van der Waals surface area contributed by atoms with Gasteiger partial charge in [0.05, 0.1) is 0 Å². The zero-order chi connectivity index (χ0) is 21.8. The minimum absolute atomic E-state index is 0.0249. The molecule has 0 aliphatic carbocycles. The Bertz CT molecular complexity index is 951. The molecular formula is C24H26ClN3O3. The van der Waals surface area contributed by atoms with Crippen LogP contribution in [0.2, 0.25) is 5.02 Å². The minimum Gasteiger partial charge on any atom is -0.352 e. The number of hydrogen-bond donors (Lipinski definition) is 1. The molecule has 31 heavy (non-hydrogen) atoms. The van der Waals surface area contributed by atoms with Gasteiger partial charge in [0, 0.05) is 37.5 Å². The lowest BCUT2D eigenvalue weighted by atomic mass is 9.95. The summed E-state index contributed by atoms with van der Waals surface area (Å²) in [6.07, 6.45) is 3.19. The Kier molecular flexibility index (Phi) is 6.56. The van der Waals surface area contributed by atoms with Crippen LogP contribution in [0.25, 0.3) is 0 Å². The highest BCUT2D eigenvalue weighted by Gasteiger charge is 2.46. The third-order valence-electron chi connectivity index (χ3n) is 6.00. The summed E-state index contributed by atoms with van der Waals surface area (Å²) < 4.78 is 0. The van der Waals surface area contributed by atoms with Crippen LogP contribution in [-0.2, 0) is 29.1 Å². The lowest BCUT2D eigenvalue weighted by Crippen LogP contribution is -2.39. The number of nitrogens with zero attached hydrogens (tertiary/aromatic N) is 2. The molecule has 0 radical (unpaired) electrons. The summed E-state index contributed by atoms with van der Waals surface area (Å²) in [5.74, 6) is -0.125. The monoisotopic (exact) mass is 439 g/mol. The van der Waals surface area contributed by atoms with Gasteiger partial charge in [-0.05, 0) is 35.6 Å². The van der Waals surface area contributed by atoms with E-state index >= 15 is 0 Å². The van der Waals surface area contributed by atoms with Crippen molar-refractivity contribution in [1.82, 2.24) is 15.1 Å². The predicted octanol–water partition coefficient (Wildman–Crippen LogP) is 3.91. The molecule has 6 nitrogen and oxygen atoms in total. The maximum absolute atomic E-state index is 12.8. The molecule has 4 amide bonds. The second kappa shape index (κ2) is 9.52. The second-order valence-corrected chi connectivity index (χ2v) is 8.47. The standard InChI is InChI=1S/C24H26ClN3O3/c25-20-11-6-5-9-18(20)15-26-22(29)12-2-1-7-13-27-23(30)21-14-17-8-3-4-10-19(17)16-28(21)24(27)31/h3-6,8-11,21H,1-2,7,12-16H2,(H,26,29). The highest BCUT2D eigenvalue weighted by Crippen LogP contribution is 2.30. The van der Waals surface area contributed by atoms with E-state index < -0.39 is 0 Å². The first-order chi connectivity index (χ1) is 15.0. The second-order valence-electron chi connectivity index (χ2n) is 8.07. The SMILES string of the molecule is O=C(CCCCCN1C(=O)C2Cc3ccccc3CN2C1=O)NCc1ccccc1Cl. The molecule has 1 saturated heterocycles. The van der Waals surface area contributed by atoms with Crippen molar-refractivity contribution >= 4 is 29.4 Å². The predicted molar refractivity (Wildman–Crippen MR) is 118 cm³/mol. The van der Waals surface area contributed by atoms with E-state index in [1.54, 1.807) is 11.0 Å². The fourth-order valence-corrected chi connectivity index (χ4v) is 4.44. The van der Waals surface area contributed by atoms with E-state index in [2.05, 4.69) is 5.32 Å². The van der Waals surface area contributed by atoms with Crippen molar-refractivity contribution in [3.8, 4) is 0 Å². The Morgan fingerprint density at radius 1 is 1.00 bits per heavy atom. The average molecular weight is 440 g/mol. The number of nitrogens with one attached hydrogen (secondary N) is 1. The molecule has 2 aliphatic heterocycles. The summed E-state index contributed by atoms with van der Waals surface area (Å²) >= 11 is 6.10. The fraction of sp³-hybridized carbons (Fsp3) is 0.375. The van der Waals surface area contributed by atoms with Crippen LogP contribution in [0.4, 0.5) is 4.79 Å². The quantitative estimate of drug-likeness (QED) is 0.501. The van der Waals surface area contributed by atoms with Crippen molar-refractivity contribution < 1.29 is 14.4 Å². The number of halogens is 1. The maximum Gasteiger partial charge on any atom is 0.327 e. The van der Waals surface area contributed by atoms with Gasteiger partial charge in [0.1, 0.15) is 6.04 Å². The molecule has 0 aromatic heterocycles. The van der Waals surface area contributed by atoms with Crippen LogP contribution < -0.4 is 5.32 Å². The molecule has 162 valence electrons. The van der Waals surface area contributed by atoms with Gasteiger partial charge in [0.25, 0.3) is 5.91 Å². The van der Waals surface area contributed by atoms with Gasteiger partial charge in [0.2, 0.25) is 5.91 Å². The van der Waals surface area contributed by atoms with Crippen LogP contribution in [0, 0.1) is 0 Å². The summed E-state index contributed by atoms with van der Waals surface area (Å²) in [5.41, 5.74) is 3.15. The Balaban J connectivity index is 1.18. The van der Waals surface area contributed by atoms with Gasteiger partial charge in [-0.25, -0.2) is 4.79 Å². The van der Waals surface area contributed by atoms with Crippen molar-refractivity contribution in [3.05, 3.63) is 70.2 Å². The number of unbranched alkanes of at least 4 members (excludes halogenated alkanes) is 2. The number of imide groups is 1. The number of rotatable bonds is 8. The van der Waals surface area contributed by atoms with Crippen LogP contribution in [0.5, 0.6) is 0 Å². The van der Waals surface area contributed by atoms with E-state index in [4.69, 9.17) is 11.6 Å². The first kappa shape index (κ1) is 21.4. The number of carbonyl (C=O) groups excluding carboxylic acids is 3. The van der Waals surface area contributed by atoms with Crippen molar-refractivity contribution in [3.63, 3.8) is 0 Å². The first-order valence-corrected chi connectivity index (χ1v) is 11.1. The van der Waals surface area contributed by atoms with Crippen LogP contribution in [-0.4, -0.2) is 40.2 Å². The van der Waals surface area contributed by atoms with Gasteiger partial charge in [-0.2, -0.15) is 0 Å². The number of carbonyl (C=O) groups is 3. The molecule has 2 heterocycles. The van der Waals surface area contributed by atoms with Gasteiger partial charge >= 0.3 is 6.03 Å². The van der Waals surface area contributed by atoms with Crippen molar-refractivity contribution in [2.75, 3.05) is 6.54 Å². The van der Waals surface area contributed by atoms with Crippen LogP contribution >= 0.6 is 11.6 Å². The lowest BCUT2D eigenvalue weighted by Gasteiger charge is -2.28. The maximum atomic E-state index is 12.8. The van der Waals surface area contributed by atoms with Crippen LogP contribution in [0.1, 0.15) is 42.4 Å². The third-order valence-corrected chi connectivity index (χ3v) is 6.36. The van der Waals surface area contributed by atoms with E-state index in [9.17, 15) is 14.4 Å². The number of amides is 4. The summed E-state index contributed by atoms with van der Waals surface area (Å²) in [7, 11) is 0. The zero-order valence-corrected chi connectivity index (χ0v) is 18.1. The Morgan fingerprint density at radius 2 is 1.74 bits per heavy atom. The van der Waals surface area contributed by atoms with E-state index in [-0.39, 0.29) is 23.9 Å². The zero-order valence-electron chi connectivity index (χ0n) is 17.4. The highest BCUT2D eigenvalue weighted by atomic mass is 35.5. The average Bonchev–Trinajstić information content (AvgIpc) is 3.01. The highest BCUT2D eigenvalue weighted by molar-refractivity contribution is 6.31. The molecule has 7 heteroatoms. The largest absolute Gasteiger partial charge is 0.352 e. The van der Waals surface area contributed by atoms with E-state index in [0.29, 0.717) is 50.3 Å². The van der Waals surface area contributed by atoms with Crippen molar-refractivity contribution in [1.29, 1.82) is 0 Å². The molecule has 0 spiro atoms. The Morgan fingerprint density at radius 3 is 2.55 bits per heavy atom. The van der Waals surface area contributed by atoms with Gasteiger partial charge in [-0.3, -0.25) is 14.5 Å². The minimum atomic E-state index is -0.377. The molecule has 1 fully saturated rings. The molecule has 0 saturated carbocycles. The number of benzene rings is 2. The van der Waals surface area contributed by atoms with Crippen LogP contribution in [0.3, 0.4) is 0 Å². The molecule has 2 aromatic carbocycles. The molecule has 1 atom stereocenters. The molecule has 1 unspecified atom stereocenters. The molecule has 0 bridgehead atoms. The van der Waals surface area contributed by atoms with Gasteiger partial charge in [-0.1, -0.05) is 60.5 Å². The Hall–Kier alpha value is -2.86. The molecular weight excluding hydrogens is 414 g/mol. The summed E-state index contributed by atoms with van der Waals surface area (Å²) in [6.45, 7) is 1.31. The summed E-state index contributed by atoms with van der Waals surface area (Å²) in [6, 6.07) is 14.8. The smallest absolute Gasteiger partial charge is 0.327 e. The summed E-state index contributed by atoms with van der Waals surface area (Å²) in [5, 5.41) is 3.52. The molecule has 2 aliphatic rings. The van der Waals surface area contributed by atoms with Gasteiger partial charge < -0.3 is 10.2 Å². The molecule has 1 N–H and O–H groups in total. The van der Waals surface area contributed by atoms with Crippen molar-refractivity contribution in [2.45, 2.75) is 51.2 Å². The topological polar surface area (TPSA) is 69.7 Å². The van der Waals surface area contributed by atoms with Gasteiger partial charge in [-0.15, -0.1) is 0 Å². The summed E-state index contributed by atoms with van der Waals surface area (Å²) in [4.78, 5) is 40.6. The van der Waals surface area contributed by atoms with Gasteiger partial charge in [0.15, 0.2) is 0 Å². The molecule has 4 rings (SSSR count). The number of hydrogen-bond acceptors (Lipinski definition) is 3.